The average molecular weight is 258 g/mol. The Bertz CT molecular complexity index is 460. The zero-order valence-electron chi connectivity index (χ0n) is 10.3. The summed E-state index contributed by atoms with van der Waals surface area (Å²) < 4.78 is 27.2. The fraction of sp³-hybridized carbons (Fsp3) is 0.545. The minimum Gasteiger partial charge on any atom is -0.481 e. The van der Waals surface area contributed by atoms with Crippen LogP contribution in [0.1, 0.15) is 12.6 Å². The lowest BCUT2D eigenvalue weighted by Gasteiger charge is -2.12. The van der Waals surface area contributed by atoms with Gasteiger partial charge in [0.2, 0.25) is 5.88 Å². The second-order valence-corrected chi connectivity index (χ2v) is 6.23. The van der Waals surface area contributed by atoms with Crippen LogP contribution in [0.5, 0.6) is 5.88 Å². The van der Waals surface area contributed by atoms with Crippen LogP contribution in [0.3, 0.4) is 0 Å². The van der Waals surface area contributed by atoms with Crippen molar-refractivity contribution in [3.63, 3.8) is 0 Å². The molecule has 1 aromatic heterocycles. The lowest BCUT2D eigenvalue weighted by Crippen LogP contribution is -2.32. The van der Waals surface area contributed by atoms with Gasteiger partial charge in [-0.05, 0) is 13.0 Å². The van der Waals surface area contributed by atoms with Crippen molar-refractivity contribution in [2.24, 2.45) is 0 Å². The number of hydrogen-bond donors (Lipinski definition) is 1. The van der Waals surface area contributed by atoms with Gasteiger partial charge in [-0.1, -0.05) is 6.07 Å². The lowest BCUT2D eigenvalue weighted by molar-refractivity contribution is 0.395. The predicted molar refractivity (Wildman–Crippen MR) is 66.8 cm³/mol. The highest BCUT2D eigenvalue weighted by Gasteiger charge is 2.10. The summed E-state index contributed by atoms with van der Waals surface area (Å²) in [7, 11) is -1.39. The highest BCUT2D eigenvalue weighted by atomic mass is 32.2. The van der Waals surface area contributed by atoms with Gasteiger partial charge >= 0.3 is 0 Å². The van der Waals surface area contributed by atoms with Crippen LogP contribution >= 0.6 is 0 Å². The maximum Gasteiger partial charge on any atom is 0.213 e. The molecule has 0 aliphatic heterocycles. The van der Waals surface area contributed by atoms with E-state index >= 15 is 0 Å². The first-order valence-corrected chi connectivity index (χ1v) is 7.38. The molecular formula is C11H18N2O3S. The largest absolute Gasteiger partial charge is 0.481 e. The van der Waals surface area contributed by atoms with E-state index in [4.69, 9.17) is 4.74 Å². The molecule has 1 rings (SSSR count). The normalized spacial score (nSPS) is 13.4. The zero-order chi connectivity index (χ0) is 12.9. The fourth-order valence-corrected chi connectivity index (χ4v) is 2.49. The SMILES string of the molecule is COc1cccc(CNC(C)CS(C)(=O)=O)n1. The van der Waals surface area contributed by atoms with Crippen molar-refractivity contribution in [3.05, 3.63) is 23.9 Å². The molecule has 1 aromatic rings. The molecule has 5 nitrogen and oxygen atoms in total. The number of hydrogen-bond acceptors (Lipinski definition) is 5. The summed E-state index contributed by atoms with van der Waals surface area (Å²) in [6.45, 7) is 2.36. The van der Waals surface area contributed by atoms with Crippen LogP contribution in [0.4, 0.5) is 0 Å². The van der Waals surface area contributed by atoms with Crippen molar-refractivity contribution in [2.75, 3.05) is 19.1 Å². The Balaban J connectivity index is 2.49. The molecule has 0 fully saturated rings. The Morgan fingerprint density at radius 1 is 1.47 bits per heavy atom. The van der Waals surface area contributed by atoms with Gasteiger partial charge in [0, 0.05) is 24.9 Å². The number of nitrogens with one attached hydrogen (secondary N) is 1. The van der Waals surface area contributed by atoms with Crippen LogP contribution in [-0.4, -0.2) is 38.6 Å². The molecule has 0 spiro atoms. The van der Waals surface area contributed by atoms with Gasteiger partial charge in [0.1, 0.15) is 9.84 Å². The average Bonchev–Trinajstić information content (AvgIpc) is 2.24. The number of pyridine rings is 1. The van der Waals surface area contributed by atoms with Crippen LogP contribution in [0.2, 0.25) is 0 Å². The van der Waals surface area contributed by atoms with Crippen LogP contribution in [0, 0.1) is 0 Å². The molecule has 1 atom stereocenters. The molecule has 0 amide bonds. The van der Waals surface area contributed by atoms with E-state index in [0.29, 0.717) is 12.4 Å². The summed E-state index contributed by atoms with van der Waals surface area (Å²) in [5, 5.41) is 3.11. The molecule has 17 heavy (non-hydrogen) atoms. The molecule has 1 heterocycles. The van der Waals surface area contributed by atoms with Gasteiger partial charge < -0.3 is 10.1 Å². The van der Waals surface area contributed by atoms with Gasteiger partial charge in [-0.25, -0.2) is 13.4 Å². The molecule has 0 saturated heterocycles. The van der Waals surface area contributed by atoms with Crippen molar-refractivity contribution >= 4 is 9.84 Å². The van der Waals surface area contributed by atoms with E-state index in [1.54, 1.807) is 13.2 Å². The molecule has 1 unspecified atom stereocenters. The summed E-state index contributed by atoms with van der Waals surface area (Å²) in [5.41, 5.74) is 0.824. The molecule has 0 radical (unpaired) electrons. The van der Waals surface area contributed by atoms with Crippen molar-refractivity contribution in [1.82, 2.24) is 10.3 Å². The van der Waals surface area contributed by atoms with E-state index in [0.717, 1.165) is 5.69 Å². The van der Waals surface area contributed by atoms with Crippen LogP contribution in [-0.2, 0) is 16.4 Å². The third-order valence-electron chi connectivity index (χ3n) is 2.17. The van der Waals surface area contributed by atoms with Gasteiger partial charge in [0.15, 0.2) is 0 Å². The molecule has 0 aromatic carbocycles. The predicted octanol–water partition coefficient (Wildman–Crippen LogP) is 0.613. The highest BCUT2D eigenvalue weighted by Crippen LogP contribution is 2.06. The van der Waals surface area contributed by atoms with Crippen molar-refractivity contribution in [2.45, 2.75) is 19.5 Å². The van der Waals surface area contributed by atoms with Crippen molar-refractivity contribution in [1.29, 1.82) is 0 Å². The van der Waals surface area contributed by atoms with Crippen LogP contribution < -0.4 is 10.1 Å². The summed E-state index contributed by atoms with van der Waals surface area (Å²) in [6.07, 6.45) is 1.23. The molecule has 0 aliphatic carbocycles. The Labute approximate surface area is 102 Å². The second-order valence-electron chi connectivity index (χ2n) is 4.05. The zero-order valence-corrected chi connectivity index (χ0v) is 11.1. The van der Waals surface area contributed by atoms with E-state index in [2.05, 4.69) is 10.3 Å². The maximum absolute atomic E-state index is 11.1. The van der Waals surface area contributed by atoms with Crippen LogP contribution in [0.15, 0.2) is 18.2 Å². The second kappa shape index (κ2) is 5.97. The third-order valence-corrected chi connectivity index (χ3v) is 3.28. The molecular weight excluding hydrogens is 240 g/mol. The smallest absolute Gasteiger partial charge is 0.213 e. The molecule has 1 N–H and O–H groups in total. The fourth-order valence-electron chi connectivity index (χ4n) is 1.46. The minimum absolute atomic E-state index is 0.0991. The molecule has 6 heteroatoms. The van der Waals surface area contributed by atoms with Gasteiger partial charge in [-0.15, -0.1) is 0 Å². The Morgan fingerprint density at radius 2 is 2.18 bits per heavy atom. The van der Waals surface area contributed by atoms with E-state index in [9.17, 15) is 8.42 Å². The van der Waals surface area contributed by atoms with Crippen molar-refractivity contribution < 1.29 is 13.2 Å². The van der Waals surface area contributed by atoms with Gasteiger partial charge in [-0.3, -0.25) is 0 Å². The first-order valence-electron chi connectivity index (χ1n) is 5.32. The topological polar surface area (TPSA) is 68.3 Å². The highest BCUT2D eigenvalue weighted by molar-refractivity contribution is 7.90. The number of methoxy groups -OCH3 is 1. The first kappa shape index (κ1) is 13.9. The monoisotopic (exact) mass is 258 g/mol. The molecule has 96 valence electrons. The van der Waals surface area contributed by atoms with E-state index < -0.39 is 9.84 Å². The van der Waals surface area contributed by atoms with E-state index in [1.807, 2.05) is 19.1 Å². The molecule has 0 saturated carbocycles. The Hall–Kier alpha value is -1.14. The first-order chi connectivity index (χ1) is 7.90. The number of ether oxygens (including phenoxy) is 1. The van der Waals surface area contributed by atoms with E-state index in [-0.39, 0.29) is 11.8 Å². The number of rotatable bonds is 6. The standard InChI is InChI=1S/C11H18N2O3S/c1-9(8-17(3,14)15)12-7-10-5-4-6-11(13-10)16-2/h4-6,9,12H,7-8H2,1-3H3. The maximum atomic E-state index is 11.1. The number of sulfone groups is 1. The van der Waals surface area contributed by atoms with Gasteiger partial charge in [0.05, 0.1) is 18.6 Å². The van der Waals surface area contributed by atoms with Gasteiger partial charge in [-0.2, -0.15) is 0 Å². The Kier molecular flexibility index (Phi) is 4.89. The lowest BCUT2D eigenvalue weighted by atomic mass is 10.3. The summed E-state index contributed by atoms with van der Waals surface area (Å²) in [5.74, 6) is 0.678. The van der Waals surface area contributed by atoms with E-state index in [1.165, 1.54) is 6.26 Å². The third kappa shape index (κ3) is 5.65. The summed E-state index contributed by atoms with van der Waals surface area (Å²) in [6, 6.07) is 5.38. The Morgan fingerprint density at radius 3 is 2.76 bits per heavy atom. The van der Waals surface area contributed by atoms with Crippen LogP contribution in [0.25, 0.3) is 0 Å². The quantitative estimate of drug-likeness (QED) is 0.810. The minimum atomic E-state index is -2.95. The van der Waals surface area contributed by atoms with Crippen molar-refractivity contribution in [3.8, 4) is 5.88 Å². The summed E-state index contributed by atoms with van der Waals surface area (Å²) >= 11 is 0. The number of aromatic nitrogens is 1. The number of nitrogens with zero attached hydrogens (tertiary/aromatic N) is 1. The summed E-state index contributed by atoms with van der Waals surface area (Å²) in [4.78, 5) is 4.23. The van der Waals surface area contributed by atoms with Gasteiger partial charge in [0.25, 0.3) is 0 Å². The molecule has 0 bridgehead atoms. The molecule has 0 aliphatic rings.